The van der Waals surface area contributed by atoms with E-state index in [4.69, 9.17) is 16.6 Å². The maximum Gasteiger partial charge on any atom is 0.193 e. The summed E-state index contributed by atoms with van der Waals surface area (Å²) in [6, 6.07) is 7.87. The zero-order chi connectivity index (χ0) is 15.9. The van der Waals surface area contributed by atoms with E-state index in [1.165, 1.54) is 5.56 Å². The van der Waals surface area contributed by atoms with Crippen LogP contribution < -0.4 is 5.32 Å². The number of nitrogens with one attached hydrogen (secondary N) is 1. The van der Waals surface area contributed by atoms with Crippen LogP contribution in [0.3, 0.4) is 0 Å². The van der Waals surface area contributed by atoms with Crippen molar-refractivity contribution >= 4 is 17.6 Å². The average Bonchev–Trinajstić information content (AvgIpc) is 2.91. The van der Waals surface area contributed by atoms with Crippen LogP contribution in [0.25, 0.3) is 0 Å². The number of nitrogens with zero attached hydrogens (tertiary/aromatic N) is 2. The molecule has 0 heterocycles. The van der Waals surface area contributed by atoms with Crippen LogP contribution in [0.1, 0.15) is 31.7 Å². The van der Waals surface area contributed by atoms with Gasteiger partial charge in [-0.3, -0.25) is 4.99 Å². The Balaban J connectivity index is 1.97. The summed E-state index contributed by atoms with van der Waals surface area (Å²) < 4.78 is 0. The SMILES string of the molecule is CCNC(=NCC1CCCC1O)N(C)Cc1ccc(Cl)cc1. The van der Waals surface area contributed by atoms with Crippen LogP contribution in [0, 0.1) is 5.92 Å². The number of guanidine groups is 1. The average molecular weight is 324 g/mol. The number of rotatable bonds is 5. The summed E-state index contributed by atoms with van der Waals surface area (Å²) in [5, 5.41) is 14.0. The van der Waals surface area contributed by atoms with Crippen molar-refractivity contribution in [3.05, 3.63) is 34.9 Å². The molecule has 2 rings (SSSR count). The van der Waals surface area contributed by atoms with Crippen molar-refractivity contribution in [2.75, 3.05) is 20.1 Å². The van der Waals surface area contributed by atoms with Crippen molar-refractivity contribution in [1.29, 1.82) is 0 Å². The van der Waals surface area contributed by atoms with Gasteiger partial charge >= 0.3 is 0 Å². The molecule has 22 heavy (non-hydrogen) atoms. The van der Waals surface area contributed by atoms with Crippen molar-refractivity contribution in [2.24, 2.45) is 10.9 Å². The predicted octanol–water partition coefficient (Wildman–Crippen LogP) is 2.90. The minimum atomic E-state index is -0.187. The molecule has 5 heteroatoms. The van der Waals surface area contributed by atoms with E-state index in [1.54, 1.807) is 0 Å². The Morgan fingerprint density at radius 3 is 2.68 bits per heavy atom. The highest BCUT2D eigenvalue weighted by Crippen LogP contribution is 2.25. The molecule has 1 aliphatic rings. The Morgan fingerprint density at radius 2 is 2.09 bits per heavy atom. The molecule has 0 bridgehead atoms. The molecule has 1 saturated carbocycles. The number of aliphatic imine (C=N–C) groups is 1. The molecule has 122 valence electrons. The first-order chi connectivity index (χ1) is 10.6. The first-order valence-electron chi connectivity index (χ1n) is 8.02. The van der Waals surface area contributed by atoms with E-state index >= 15 is 0 Å². The van der Waals surface area contributed by atoms with E-state index in [9.17, 15) is 5.11 Å². The molecule has 1 aliphatic carbocycles. The third-order valence-electron chi connectivity index (χ3n) is 4.12. The molecule has 0 saturated heterocycles. The molecule has 0 aliphatic heterocycles. The molecule has 0 spiro atoms. The predicted molar refractivity (Wildman–Crippen MR) is 92.2 cm³/mol. The molecule has 0 radical (unpaired) electrons. The van der Waals surface area contributed by atoms with Gasteiger partial charge in [-0.25, -0.2) is 0 Å². The quantitative estimate of drug-likeness (QED) is 0.647. The number of benzene rings is 1. The number of aliphatic hydroxyl groups excluding tert-OH is 1. The molecule has 4 nitrogen and oxygen atoms in total. The van der Waals surface area contributed by atoms with Crippen molar-refractivity contribution in [2.45, 2.75) is 38.8 Å². The van der Waals surface area contributed by atoms with E-state index in [1.807, 2.05) is 31.3 Å². The van der Waals surface area contributed by atoms with Crippen molar-refractivity contribution in [3.8, 4) is 0 Å². The maximum absolute atomic E-state index is 9.92. The fourth-order valence-electron chi connectivity index (χ4n) is 2.84. The zero-order valence-corrected chi connectivity index (χ0v) is 14.2. The van der Waals surface area contributed by atoms with Gasteiger partial charge in [0.05, 0.1) is 6.10 Å². The van der Waals surface area contributed by atoms with Crippen LogP contribution >= 0.6 is 11.6 Å². The molecule has 2 atom stereocenters. The van der Waals surface area contributed by atoms with Crippen molar-refractivity contribution in [1.82, 2.24) is 10.2 Å². The molecular formula is C17H26ClN3O. The lowest BCUT2D eigenvalue weighted by atomic mass is 10.1. The number of halogens is 1. The fourth-order valence-corrected chi connectivity index (χ4v) is 2.97. The van der Waals surface area contributed by atoms with Crippen LogP contribution in [0.4, 0.5) is 0 Å². The Bertz CT molecular complexity index is 489. The minimum absolute atomic E-state index is 0.187. The van der Waals surface area contributed by atoms with Gasteiger partial charge in [0.15, 0.2) is 5.96 Å². The second kappa shape index (κ2) is 8.39. The van der Waals surface area contributed by atoms with Crippen molar-refractivity contribution in [3.63, 3.8) is 0 Å². The topological polar surface area (TPSA) is 47.9 Å². The largest absolute Gasteiger partial charge is 0.393 e. The molecular weight excluding hydrogens is 298 g/mol. The summed E-state index contributed by atoms with van der Waals surface area (Å²) in [6.45, 7) is 4.36. The van der Waals surface area contributed by atoms with E-state index in [-0.39, 0.29) is 6.10 Å². The van der Waals surface area contributed by atoms with Gasteiger partial charge < -0.3 is 15.3 Å². The third-order valence-corrected chi connectivity index (χ3v) is 4.38. The van der Waals surface area contributed by atoms with Crippen LogP contribution in [0.15, 0.2) is 29.3 Å². The summed E-state index contributed by atoms with van der Waals surface area (Å²) in [5.41, 5.74) is 1.19. The van der Waals surface area contributed by atoms with Crippen molar-refractivity contribution < 1.29 is 5.11 Å². The second-order valence-electron chi connectivity index (χ2n) is 5.94. The third kappa shape index (κ3) is 4.89. The Morgan fingerprint density at radius 1 is 1.36 bits per heavy atom. The summed E-state index contributed by atoms with van der Waals surface area (Å²) in [5.74, 6) is 1.19. The fraction of sp³-hybridized carbons (Fsp3) is 0.588. The lowest BCUT2D eigenvalue weighted by molar-refractivity contribution is 0.136. The number of hydrogen-bond donors (Lipinski definition) is 2. The number of hydrogen-bond acceptors (Lipinski definition) is 2. The van der Waals surface area contributed by atoms with E-state index in [2.05, 4.69) is 17.1 Å². The first kappa shape index (κ1) is 17.1. The van der Waals surface area contributed by atoms with Crippen LogP contribution in [0.5, 0.6) is 0 Å². The van der Waals surface area contributed by atoms with Crippen LogP contribution in [-0.4, -0.2) is 42.2 Å². The zero-order valence-electron chi connectivity index (χ0n) is 13.4. The molecule has 1 aromatic carbocycles. The van der Waals surface area contributed by atoms with Gasteiger partial charge in [-0.1, -0.05) is 30.2 Å². The summed E-state index contributed by atoms with van der Waals surface area (Å²) >= 11 is 5.92. The molecule has 1 fully saturated rings. The summed E-state index contributed by atoms with van der Waals surface area (Å²) in [7, 11) is 2.03. The Kier molecular flexibility index (Phi) is 6.52. The normalized spacial score (nSPS) is 21.9. The van der Waals surface area contributed by atoms with Gasteiger partial charge in [-0.05, 0) is 37.5 Å². The molecule has 0 amide bonds. The van der Waals surface area contributed by atoms with Gasteiger partial charge in [-0.2, -0.15) is 0 Å². The monoisotopic (exact) mass is 323 g/mol. The Labute approximate surface area is 138 Å². The van der Waals surface area contributed by atoms with E-state index < -0.39 is 0 Å². The standard InChI is InChI=1S/C17H26ClN3O/c1-3-19-17(20-11-14-5-4-6-16(14)22)21(2)12-13-7-9-15(18)10-8-13/h7-10,14,16,22H,3-6,11-12H2,1-2H3,(H,19,20). The van der Waals surface area contributed by atoms with Crippen LogP contribution in [0.2, 0.25) is 5.02 Å². The molecule has 0 aromatic heterocycles. The smallest absolute Gasteiger partial charge is 0.193 e. The lowest BCUT2D eigenvalue weighted by Gasteiger charge is -2.23. The first-order valence-corrected chi connectivity index (χ1v) is 8.40. The minimum Gasteiger partial charge on any atom is -0.393 e. The van der Waals surface area contributed by atoms with Gasteiger partial charge in [-0.15, -0.1) is 0 Å². The molecule has 2 unspecified atom stereocenters. The van der Waals surface area contributed by atoms with Gasteiger partial charge in [0.2, 0.25) is 0 Å². The maximum atomic E-state index is 9.92. The van der Waals surface area contributed by atoms with Gasteiger partial charge in [0.1, 0.15) is 0 Å². The summed E-state index contributed by atoms with van der Waals surface area (Å²) in [4.78, 5) is 6.81. The van der Waals surface area contributed by atoms with Crippen LogP contribution in [-0.2, 0) is 6.54 Å². The lowest BCUT2D eigenvalue weighted by Crippen LogP contribution is -2.39. The van der Waals surface area contributed by atoms with E-state index in [0.717, 1.165) is 43.3 Å². The number of aliphatic hydroxyl groups is 1. The highest BCUT2D eigenvalue weighted by atomic mass is 35.5. The Hall–Kier alpha value is -1.26. The molecule has 2 N–H and O–H groups in total. The highest BCUT2D eigenvalue weighted by molar-refractivity contribution is 6.30. The van der Waals surface area contributed by atoms with Gasteiger partial charge in [0.25, 0.3) is 0 Å². The van der Waals surface area contributed by atoms with E-state index in [0.29, 0.717) is 12.5 Å². The second-order valence-corrected chi connectivity index (χ2v) is 6.37. The summed E-state index contributed by atoms with van der Waals surface area (Å²) in [6.07, 6.45) is 2.91. The highest BCUT2D eigenvalue weighted by Gasteiger charge is 2.24. The van der Waals surface area contributed by atoms with Gasteiger partial charge in [0, 0.05) is 37.6 Å². The molecule has 1 aromatic rings.